The molecule has 0 spiro atoms. The van der Waals surface area contributed by atoms with Crippen molar-refractivity contribution in [3.8, 4) is 0 Å². The molecule has 2 aromatic rings. The average Bonchev–Trinajstić information content (AvgIpc) is 3.08. The van der Waals surface area contributed by atoms with Crippen LogP contribution in [0.3, 0.4) is 0 Å². The summed E-state index contributed by atoms with van der Waals surface area (Å²) in [6.45, 7) is -0.658. The Morgan fingerprint density at radius 3 is 3.09 bits per heavy atom. The molecule has 0 radical (unpaired) electrons. The van der Waals surface area contributed by atoms with Crippen molar-refractivity contribution in [1.82, 2.24) is 19.5 Å². The Bertz CT molecular complexity index is 742. The van der Waals surface area contributed by atoms with Gasteiger partial charge in [-0.3, -0.25) is 4.57 Å². The number of nitrogen functional groups attached to an aromatic ring is 1. The normalized spacial score (nSPS) is 27.9. The van der Waals surface area contributed by atoms with Crippen LogP contribution in [0.5, 0.6) is 0 Å². The number of aliphatic hydroxyl groups excluding tert-OH is 2. The van der Waals surface area contributed by atoms with Gasteiger partial charge in [0, 0.05) is 11.3 Å². The Labute approximate surface area is 124 Å². The first-order valence-corrected chi connectivity index (χ1v) is 6.52. The molecule has 1 saturated heterocycles. The summed E-state index contributed by atoms with van der Waals surface area (Å²) in [5, 5.41) is 23.2. The number of nitrogens with zero attached hydrogens (tertiary/aromatic N) is 7. The molecule has 1 fully saturated rings. The van der Waals surface area contributed by atoms with Crippen molar-refractivity contribution in [2.45, 2.75) is 24.4 Å². The van der Waals surface area contributed by atoms with Gasteiger partial charge in [-0.2, -0.15) is 0 Å². The number of aromatic nitrogens is 4. The number of anilines is 1. The molecule has 2 aromatic heterocycles. The monoisotopic (exact) mass is 306 g/mol. The highest BCUT2D eigenvalue weighted by Crippen LogP contribution is 2.38. The van der Waals surface area contributed by atoms with Gasteiger partial charge in [-0.25, -0.2) is 15.0 Å². The van der Waals surface area contributed by atoms with E-state index in [0.29, 0.717) is 11.2 Å². The van der Waals surface area contributed by atoms with E-state index in [0.717, 1.165) is 0 Å². The van der Waals surface area contributed by atoms with Crippen LogP contribution in [-0.2, 0) is 4.74 Å². The summed E-state index contributed by atoms with van der Waals surface area (Å²) in [7, 11) is 0. The standard InChI is InChI=1S/C11H14N8O3/c12-9-8-10(15-4-14-9)19(5-16-8)7-1-6(21)11(3-20,22-7)2-17-18-13/h4-7,20-21H,1-3H2,(H2,12,14,15)/t6-,7+,11+/m0/s1. The molecule has 0 aromatic carbocycles. The highest BCUT2D eigenvalue weighted by Gasteiger charge is 2.48. The summed E-state index contributed by atoms with van der Waals surface area (Å²) < 4.78 is 7.36. The summed E-state index contributed by atoms with van der Waals surface area (Å²) in [6, 6.07) is 0. The predicted octanol–water partition coefficient (Wildman–Crippen LogP) is -0.270. The molecule has 3 heterocycles. The number of hydrogen-bond donors (Lipinski definition) is 3. The third kappa shape index (κ3) is 2.12. The second kappa shape index (κ2) is 5.39. The molecule has 3 atom stereocenters. The van der Waals surface area contributed by atoms with E-state index in [9.17, 15) is 10.2 Å². The lowest BCUT2D eigenvalue weighted by Gasteiger charge is -2.28. The summed E-state index contributed by atoms with van der Waals surface area (Å²) in [5.74, 6) is 0.241. The lowest BCUT2D eigenvalue weighted by molar-refractivity contribution is -0.120. The van der Waals surface area contributed by atoms with Crippen LogP contribution in [0.1, 0.15) is 12.6 Å². The maximum absolute atomic E-state index is 10.2. The van der Waals surface area contributed by atoms with Crippen LogP contribution < -0.4 is 5.73 Å². The van der Waals surface area contributed by atoms with E-state index in [1.54, 1.807) is 4.57 Å². The van der Waals surface area contributed by atoms with Gasteiger partial charge in [-0.15, -0.1) is 0 Å². The molecule has 4 N–H and O–H groups in total. The Morgan fingerprint density at radius 1 is 1.55 bits per heavy atom. The number of nitrogens with two attached hydrogens (primary N) is 1. The molecule has 11 nitrogen and oxygen atoms in total. The van der Waals surface area contributed by atoms with Gasteiger partial charge in [0.1, 0.15) is 23.7 Å². The second-order valence-corrected chi connectivity index (χ2v) is 5.02. The van der Waals surface area contributed by atoms with Crippen molar-refractivity contribution in [1.29, 1.82) is 0 Å². The van der Waals surface area contributed by atoms with Gasteiger partial charge in [-0.05, 0) is 5.53 Å². The summed E-state index contributed by atoms with van der Waals surface area (Å²) in [4.78, 5) is 14.7. The van der Waals surface area contributed by atoms with E-state index in [1.807, 2.05) is 0 Å². The largest absolute Gasteiger partial charge is 0.393 e. The number of ether oxygens (including phenoxy) is 1. The van der Waals surface area contributed by atoms with Gasteiger partial charge in [0.2, 0.25) is 0 Å². The summed E-state index contributed by atoms with van der Waals surface area (Å²) in [5.41, 5.74) is 13.7. The van der Waals surface area contributed by atoms with Crippen LogP contribution in [0.25, 0.3) is 21.6 Å². The minimum atomic E-state index is -1.34. The number of rotatable bonds is 4. The van der Waals surface area contributed by atoms with Crippen molar-refractivity contribution < 1.29 is 14.9 Å². The molecule has 1 aliphatic rings. The van der Waals surface area contributed by atoms with Gasteiger partial charge >= 0.3 is 0 Å². The van der Waals surface area contributed by atoms with E-state index in [-0.39, 0.29) is 18.8 Å². The Balaban J connectivity index is 1.96. The first-order chi connectivity index (χ1) is 10.6. The van der Waals surface area contributed by atoms with Crippen molar-refractivity contribution in [2.24, 2.45) is 5.11 Å². The van der Waals surface area contributed by atoms with E-state index in [2.05, 4.69) is 25.0 Å². The van der Waals surface area contributed by atoms with E-state index >= 15 is 0 Å². The van der Waals surface area contributed by atoms with Crippen molar-refractivity contribution >= 4 is 17.0 Å². The second-order valence-electron chi connectivity index (χ2n) is 5.02. The minimum Gasteiger partial charge on any atom is -0.393 e. The zero-order valence-corrected chi connectivity index (χ0v) is 11.4. The molecule has 0 saturated carbocycles. The van der Waals surface area contributed by atoms with Gasteiger partial charge in [0.15, 0.2) is 11.5 Å². The van der Waals surface area contributed by atoms with Gasteiger partial charge in [-0.1, -0.05) is 5.11 Å². The first-order valence-electron chi connectivity index (χ1n) is 6.52. The Kier molecular flexibility index (Phi) is 3.54. The van der Waals surface area contributed by atoms with Gasteiger partial charge < -0.3 is 20.7 Å². The first kappa shape index (κ1) is 14.5. The van der Waals surface area contributed by atoms with Gasteiger partial charge in [0.05, 0.1) is 25.6 Å². The fourth-order valence-electron chi connectivity index (χ4n) is 2.54. The third-order valence-corrected chi connectivity index (χ3v) is 3.77. The molecule has 1 aliphatic heterocycles. The highest BCUT2D eigenvalue weighted by molar-refractivity contribution is 5.81. The van der Waals surface area contributed by atoms with Crippen LogP contribution in [0.2, 0.25) is 0 Å². The molecule has 0 aliphatic carbocycles. The van der Waals surface area contributed by atoms with E-state index < -0.39 is 24.5 Å². The predicted molar refractivity (Wildman–Crippen MR) is 74.3 cm³/mol. The minimum absolute atomic E-state index is 0.179. The van der Waals surface area contributed by atoms with Gasteiger partial charge in [0.25, 0.3) is 0 Å². The highest BCUT2D eigenvalue weighted by atomic mass is 16.6. The molecule has 0 amide bonds. The number of hydrogen-bond acceptors (Lipinski definition) is 8. The maximum atomic E-state index is 10.2. The third-order valence-electron chi connectivity index (χ3n) is 3.77. The van der Waals surface area contributed by atoms with Crippen molar-refractivity contribution in [3.63, 3.8) is 0 Å². The SMILES string of the molecule is [N-]=[N+]=NC[C@]1(CO)O[C@@H](n2cnc3c(N)ncnc32)C[C@@H]1O. The lowest BCUT2D eigenvalue weighted by atomic mass is 9.98. The zero-order chi connectivity index (χ0) is 15.7. The molecular formula is C11H14N8O3. The number of fused-ring (bicyclic) bond motifs is 1. The molecule has 0 unspecified atom stereocenters. The number of azide groups is 1. The van der Waals surface area contributed by atoms with Crippen molar-refractivity contribution in [3.05, 3.63) is 23.1 Å². The number of aliphatic hydroxyl groups is 2. The molecular weight excluding hydrogens is 292 g/mol. The molecule has 116 valence electrons. The Morgan fingerprint density at radius 2 is 2.36 bits per heavy atom. The quantitative estimate of drug-likeness (QED) is 0.396. The Hall–Kier alpha value is -2.46. The average molecular weight is 306 g/mol. The summed E-state index contributed by atoms with van der Waals surface area (Å²) in [6.07, 6.45) is 1.37. The van der Waals surface area contributed by atoms with Crippen LogP contribution in [-0.4, -0.2) is 54.6 Å². The lowest BCUT2D eigenvalue weighted by Crippen LogP contribution is -2.46. The fourth-order valence-corrected chi connectivity index (χ4v) is 2.54. The smallest absolute Gasteiger partial charge is 0.167 e. The topological polar surface area (TPSA) is 168 Å². The van der Waals surface area contributed by atoms with Crippen LogP contribution >= 0.6 is 0 Å². The van der Waals surface area contributed by atoms with E-state index in [4.69, 9.17) is 16.0 Å². The molecule has 3 rings (SSSR count). The van der Waals surface area contributed by atoms with Crippen LogP contribution in [0, 0.1) is 0 Å². The maximum Gasteiger partial charge on any atom is 0.167 e. The van der Waals surface area contributed by atoms with E-state index in [1.165, 1.54) is 12.7 Å². The zero-order valence-electron chi connectivity index (χ0n) is 11.4. The van der Waals surface area contributed by atoms with Crippen LogP contribution in [0.4, 0.5) is 5.82 Å². The van der Waals surface area contributed by atoms with Crippen LogP contribution in [0.15, 0.2) is 17.8 Å². The summed E-state index contributed by atoms with van der Waals surface area (Å²) >= 11 is 0. The fraction of sp³-hybridized carbons (Fsp3) is 0.545. The molecule has 0 bridgehead atoms. The van der Waals surface area contributed by atoms with Crippen molar-refractivity contribution in [2.75, 3.05) is 18.9 Å². The molecule has 11 heteroatoms. The number of imidazole rings is 1. The molecule has 22 heavy (non-hydrogen) atoms.